The first-order chi connectivity index (χ1) is 29.8. The Morgan fingerprint density at radius 1 is 0.492 bits per heavy atom. The Balaban J connectivity index is 4.18. The minimum Gasteiger partial charge on any atom is -0.462 e. The van der Waals surface area contributed by atoms with E-state index >= 15 is 0 Å². The number of hydrogen-bond donors (Lipinski definition) is 2. The van der Waals surface area contributed by atoms with Crippen LogP contribution in [-0.4, -0.2) is 49.3 Å². The second kappa shape index (κ2) is 47.2. The monoisotopic (exact) mass is 878 g/mol. The van der Waals surface area contributed by atoms with Crippen LogP contribution in [0.1, 0.15) is 219 Å². The molecule has 0 saturated carbocycles. The van der Waals surface area contributed by atoms with Crippen LogP contribution in [0.15, 0.2) is 60.8 Å². The van der Waals surface area contributed by atoms with Crippen molar-refractivity contribution in [2.75, 3.05) is 26.4 Å². The van der Waals surface area contributed by atoms with Crippen LogP contribution >= 0.6 is 7.82 Å². The number of carbonyl (C=O) groups is 2. The molecule has 2 atom stereocenters. The lowest BCUT2D eigenvalue weighted by Crippen LogP contribution is -2.29. The number of ether oxygens (including phenoxy) is 2. The first kappa shape index (κ1) is 58.7. The first-order valence-electron chi connectivity index (χ1n) is 24.8. The summed E-state index contributed by atoms with van der Waals surface area (Å²) in [4.78, 5) is 34.9. The minimum atomic E-state index is -4.40. The third-order valence-electron chi connectivity index (χ3n) is 10.4. The Hall–Kier alpha value is -2.29. The van der Waals surface area contributed by atoms with Crippen molar-refractivity contribution in [1.29, 1.82) is 0 Å². The molecule has 9 nitrogen and oxygen atoms in total. The van der Waals surface area contributed by atoms with Gasteiger partial charge in [0, 0.05) is 19.4 Å². The lowest BCUT2D eigenvalue weighted by Gasteiger charge is -2.19. The summed E-state index contributed by atoms with van der Waals surface area (Å²) in [5.74, 6) is -0.938. The molecule has 354 valence electrons. The smallest absolute Gasteiger partial charge is 0.462 e. The summed E-state index contributed by atoms with van der Waals surface area (Å²) in [7, 11) is -4.40. The van der Waals surface area contributed by atoms with E-state index < -0.39 is 32.5 Å². The van der Waals surface area contributed by atoms with Gasteiger partial charge in [-0.1, -0.05) is 190 Å². The first-order valence-corrected chi connectivity index (χ1v) is 26.3. The summed E-state index contributed by atoms with van der Waals surface area (Å²) in [6.45, 7) is 3.64. The highest BCUT2D eigenvalue weighted by atomic mass is 31.2. The molecular formula is C51H92NO8P. The molecule has 0 aliphatic heterocycles. The van der Waals surface area contributed by atoms with Crippen LogP contribution in [0.25, 0.3) is 0 Å². The Labute approximate surface area is 374 Å². The summed E-state index contributed by atoms with van der Waals surface area (Å²) < 4.78 is 32.8. The quantitative estimate of drug-likeness (QED) is 0.0265. The highest BCUT2D eigenvalue weighted by molar-refractivity contribution is 7.47. The van der Waals surface area contributed by atoms with E-state index in [0.29, 0.717) is 19.3 Å². The van der Waals surface area contributed by atoms with Gasteiger partial charge in [-0.25, -0.2) is 4.57 Å². The SMILES string of the molecule is CCCCCCCC/C=C/C/C=C/C/C=C/CCCC(=O)O[C@@H](COC(=O)CCC/C=C/CC/C=C/CCCCCCCCCCCCCCCC)COP(=O)(O)OCCN. The molecule has 0 bridgehead atoms. The predicted molar refractivity (Wildman–Crippen MR) is 256 cm³/mol. The summed E-state index contributed by atoms with van der Waals surface area (Å²) in [5, 5.41) is 0. The number of unbranched alkanes of at least 4 members (excludes halogenated alkanes) is 23. The van der Waals surface area contributed by atoms with Crippen molar-refractivity contribution in [2.45, 2.75) is 225 Å². The van der Waals surface area contributed by atoms with Gasteiger partial charge in [0.1, 0.15) is 6.61 Å². The zero-order valence-electron chi connectivity index (χ0n) is 39.1. The number of rotatable bonds is 46. The van der Waals surface area contributed by atoms with E-state index in [4.69, 9.17) is 24.3 Å². The minimum absolute atomic E-state index is 0.0389. The van der Waals surface area contributed by atoms with Gasteiger partial charge in [0.2, 0.25) is 0 Å². The van der Waals surface area contributed by atoms with Gasteiger partial charge in [-0.3, -0.25) is 18.6 Å². The van der Waals surface area contributed by atoms with Gasteiger partial charge in [0.15, 0.2) is 6.10 Å². The van der Waals surface area contributed by atoms with Crippen LogP contribution in [0, 0.1) is 0 Å². The third kappa shape index (κ3) is 47.0. The normalized spacial score (nSPS) is 13.7. The Kier molecular flexibility index (Phi) is 45.4. The molecule has 0 aliphatic carbocycles. The van der Waals surface area contributed by atoms with Crippen molar-refractivity contribution in [3.8, 4) is 0 Å². The highest BCUT2D eigenvalue weighted by Gasteiger charge is 2.26. The van der Waals surface area contributed by atoms with Crippen LogP contribution in [0.5, 0.6) is 0 Å². The Morgan fingerprint density at radius 3 is 1.33 bits per heavy atom. The van der Waals surface area contributed by atoms with Crippen LogP contribution in [0.3, 0.4) is 0 Å². The number of hydrogen-bond acceptors (Lipinski definition) is 8. The van der Waals surface area contributed by atoms with E-state index in [1.54, 1.807) is 0 Å². The topological polar surface area (TPSA) is 134 Å². The van der Waals surface area contributed by atoms with Gasteiger partial charge in [-0.05, 0) is 77.0 Å². The largest absolute Gasteiger partial charge is 0.472 e. The molecule has 61 heavy (non-hydrogen) atoms. The molecule has 0 heterocycles. The van der Waals surface area contributed by atoms with E-state index in [1.807, 2.05) is 6.08 Å². The summed E-state index contributed by atoms with van der Waals surface area (Å²) in [5.41, 5.74) is 5.35. The standard InChI is InChI=1S/C51H92NO8P/c1-3-5-7-9-11-13-15-17-19-21-22-23-24-25-26-28-29-31-33-35-37-39-41-43-50(53)57-47-49(48-59-61(55,56)58-46-45-52)60-51(54)44-42-40-38-36-34-32-30-27-20-18-16-14-12-10-8-6-4-2/h18,20,28-30,32,35-38,49H,3-17,19,21-27,31,33-34,39-48,52H2,1-2H3,(H,55,56)/b20-18+,29-28+,32-30+,37-35+,38-36+/t49-/m0/s1. The number of phosphoric ester groups is 1. The molecule has 0 aliphatic rings. The number of esters is 2. The number of nitrogens with two attached hydrogens (primary N) is 1. The van der Waals surface area contributed by atoms with Crippen molar-refractivity contribution in [1.82, 2.24) is 0 Å². The predicted octanol–water partition coefficient (Wildman–Crippen LogP) is 14.8. The van der Waals surface area contributed by atoms with E-state index in [9.17, 15) is 19.0 Å². The fourth-order valence-electron chi connectivity index (χ4n) is 6.67. The van der Waals surface area contributed by atoms with Gasteiger partial charge in [0.05, 0.1) is 13.2 Å². The fraction of sp³-hybridized carbons (Fsp3) is 0.765. The molecule has 0 rings (SSSR count). The molecule has 1 unspecified atom stereocenters. The lowest BCUT2D eigenvalue weighted by molar-refractivity contribution is -0.161. The van der Waals surface area contributed by atoms with Gasteiger partial charge in [-0.2, -0.15) is 0 Å². The maximum absolute atomic E-state index is 12.6. The van der Waals surface area contributed by atoms with E-state index in [0.717, 1.165) is 44.9 Å². The number of allylic oxidation sites excluding steroid dienone is 10. The zero-order valence-corrected chi connectivity index (χ0v) is 40.0. The van der Waals surface area contributed by atoms with Gasteiger partial charge >= 0.3 is 19.8 Å². The molecule has 10 heteroatoms. The summed E-state index contributed by atoms with van der Waals surface area (Å²) in [6, 6.07) is 0. The van der Waals surface area contributed by atoms with Crippen LogP contribution in [0.4, 0.5) is 0 Å². The van der Waals surface area contributed by atoms with Crippen molar-refractivity contribution >= 4 is 19.8 Å². The molecule has 3 N–H and O–H groups in total. The van der Waals surface area contributed by atoms with Crippen molar-refractivity contribution in [3.05, 3.63) is 60.8 Å². The van der Waals surface area contributed by atoms with E-state index in [-0.39, 0.29) is 32.6 Å². The molecule has 0 radical (unpaired) electrons. The molecule has 0 fully saturated rings. The highest BCUT2D eigenvalue weighted by Crippen LogP contribution is 2.43. The summed E-state index contributed by atoms with van der Waals surface area (Å²) in [6.07, 6.45) is 57.1. The maximum Gasteiger partial charge on any atom is 0.472 e. The second-order valence-corrected chi connectivity index (χ2v) is 17.8. The van der Waals surface area contributed by atoms with E-state index in [2.05, 4.69) is 68.5 Å². The van der Waals surface area contributed by atoms with Crippen molar-refractivity contribution in [2.24, 2.45) is 5.73 Å². The zero-order chi connectivity index (χ0) is 44.6. The van der Waals surface area contributed by atoms with Crippen LogP contribution in [-0.2, 0) is 32.7 Å². The lowest BCUT2D eigenvalue weighted by atomic mass is 10.0. The Bertz CT molecular complexity index is 1180. The molecular weight excluding hydrogens is 786 g/mol. The Morgan fingerprint density at radius 2 is 0.869 bits per heavy atom. The van der Waals surface area contributed by atoms with Gasteiger partial charge in [0.25, 0.3) is 0 Å². The van der Waals surface area contributed by atoms with Gasteiger partial charge < -0.3 is 20.1 Å². The molecule has 0 aromatic rings. The molecule has 0 aromatic carbocycles. The molecule has 0 saturated heterocycles. The third-order valence-corrected chi connectivity index (χ3v) is 11.3. The average molecular weight is 878 g/mol. The average Bonchev–Trinajstić information content (AvgIpc) is 3.25. The maximum atomic E-state index is 12.6. The fourth-order valence-corrected chi connectivity index (χ4v) is 7.44. The second-order valence-electron chi connectivity index (χ2n) is 16.3. The number of carbonyl (C=O) groups excluding carboxylic acids is 2. The summed E-state index contributed by atoms with van der Waals surface area (Å²) >= 11 is 0. The number of phosphoric acid groups is 1. The van der Waals surface area contributed by atoms with Crippen molar-refractivity contribution < 1.29 is 37.6 Å². The molecule has 0 amide bonds. The van der Waals surface area contributed by atoms with Crippen LogP contribution < -0.4 is 5.73 Å². The van der Waals surface area contributed by atoms with Gasteiger partial charge in [-0.15, -0.1) is 0 Å². The van der Waals surface area contributed by atoms with E-state index in [1.165, 1.54) is 128 Å². The molecule has 0 spiro atoms. The molecule has 0 aromatic heterocycles. The van der Waals surface area contributed by atoms with Crippen LogP contribution in [0.2, 0.25) is 0 Å². The van der Waals surface area contributed by atoms with Crippen molar-refractivity contribution in [3.63, 3.8) is 0 Å².